The second kappa shape index (κ2) is 11.1. The number of carbonyl (C=O) groups is 2. The van der Waals surface area contributed by atoms with E-state index in [-0.39, 0.29) is 23.9 Å². The van der Waals surface area contributed by atoms with E-state index in [9.17, 15) is 9.59 Å². The van der Waals surface area contributed by atoms with Crippen LogP contribution in [0.1, 0.15) is 39.6 Å². The zero-order chi connectivity index (χ0) is 22.9. The van der Waals surface area contributed by atoms with Crippen LogP contribution in [0.5, 0.6) is 0 Å². The molecule has 3 N–H and O–H groups in total. The Balaban J connectivity index is 1.48. The lowest BCUT2D eigenvalue weighted by Gasteiger charge is -2.16. The van der Waals surface area contributed by atoms with Crippen molar-refractivity contribution in [2.45, 2.75) is 19.9 Å². The third-order valence-electron chi connectivity index (χ3n) is 4.97. The molecule has 0 saturated heterocycles. The number of carbonyl (C=O) groups excluding carboxylic acids is 2. The van der Waals surface area contributed by atoms with E-state index in [1.165, 1.54) is 16.4 Å². The van der Waals surface area contributed by atoms with E-state index in [2.05, 4.69) is 34.5 Å². The Bertz CT molecular complexity index is 1030. The molecule has 0 bridgehead atoms. The minimum Gasteiger partial charge on any atom is -0.462 e. The van der Waals surface area contributed by atoms with Gasteiger partial charge in [0.15, 0.2) is 0 Å². The molecule has 0 aliphatic carbocycles. The zero-order valence-corrected chi connectivity index (χ0v) is 18.5. The average molecular weight is 436 g/mol. The lowest BCUT2D eigenvalue weighted by atomic mass is 10.2. The average Bonchev–Trinajstić information content (AvgIpc) is 3.19. The number of benzene rings is 2. The number of esters is 1. The number of nitrogens with two attached hydrogens (primary N) is 1. The summed E-state index contributed by atoms with van der Waals surface area (Å²) in [6.07, 6.45) is 2.23. The Kier molecular flexibility index (Phi) is 7.99. The van der Waals surface area contributed by atoms with Crippen LogP contribution in [-0.2, 0) is 11.3 Å². The molecule has 168 valence electrons. The van der Waals surface area contributed by atoms with Gasteiger partial charge in [-0.25, -0.2) is 9.48 Å². The highest BCUT2D eigenvalue weighted by atomic mass is 16.5. The summed E-state index contributed by atoms with van der Waals surface area (Å²) in [7, 11) is 2.07. The number of nitrogens with zero attached hydrogens (tertiary/aromatic N) is 3. The van der Waals surface area contributed by atoms with Crippen molar-refractivity contribution in [2.75, 3.05) is 32.5 Å². The van der Waals surface area contributed by atoms with Gasteiger partial charge in [0.1, 0.15) is 11.4 Å². The van der Waals surface area contributed by atoms with E-state index >= 15 is 0 Å². The van der Waals surface area contributed by atoms with Gasteiger partial charge in [0.25, 0.3) is 5.91 Å². The van der Waals surface area contributed by atoms with E-state index in [1.54, 1.807) is 31.2 Å². The molecule has 1 aromatic heterocycles. The Morgan fingerprint density at radius 3 is 2.53 bits per heavy atom. The molecule has 0 unspecified atom stereocenters. The van der Waals surface area contributed by atoms with Crippen LogP contribution in [0.3, 0.4) is 0 Å². The number of nitrogen functional groups attached to an aromatic ring is 1. The first-order valence-corrected chi connectivity index (χ1v) is 10.6. The van der Waals surface area contributed by atoms with E-state index in [0.717, 1.165) is 19.5 Å². The van der Waals surface area contributed by atoms with Gasteiger partial charge in [0.05, 0.1) is 18.5 Å². The fraction of sp³-hybridized carbons (Fsp3) is 0.292. The molecule has 2 aromatic carbocycles. The largest absolute Gasteiger partial charge is 0.462 e. The van der Waals surface area contributed by atoms with E-state index < -0.39 is 5.97 Å². The molecule has 0 saturated carbocycles. The standard InChI is InChI=1S/C24H29N5O3/c1-3-32-24(31)21-16-27-29(22(21)25)20-12-10-19(11-13-20)23(30)26-14-7-15-28(2)17-18-8-5-4-6-9-18/h4-6,8-13,16H,3,7,14-15,17,25H2,1-2H3,(H,26,30). The van der Waals surface area contributed by atoms with Crippen LogP contribution in [0.15, 0.2) is 60.8 Å². The molecule has 8 heteroatoms. The van der Waals surface area contributed by atoms with Crippen LogP contribution in [0.2, 0.25) is 0 Å². The number of anilines is 1. The first kappa shape index (κ1) is 23.0. The van der Waals surface area contributed by atoms with Crippen LogP contribution in [0.25, 0.3) is 5.69 Å². The number of ether oxygens (including phenoxy) is 1. The molecule has 32 heavy (non-hydrogen) atoms. The van der Waals surface area contributed by atoms with E-state index in [0.29, 0.717) is 17.8 Å². The first-order valence-electron chi connectivity index (χ1n) is 10.6. The summed E-state index contributed by atoms with van der Waals surface area (Å²) in [5, 5.41) is 7.10. The third kappa shape index (κ3) is 5.95. The van der Waals surface area contributed by atoms with Crippen molar-refractivity contribution in [3.8, 4) is 5.69 Å². The molecule has 0 spiro atoms. The third-order valence-corrected chi connectivity index (χ3v) is 4.97. The summed E-state index contributed by atoms with van der Waals surface area (Å²) in [4.78, 5) is 26.6. The summed E-state index contributed by atoms with van der Waals surface area (Å²) < 4.78 is 6.41. The van der Waals surface area contributed by atoms with Gasteiger partial charge in [0.2, 0.25) is 0 Å². The molecule has 0 radical (unpaired) electrons. The van der Waals surface area contributed by atoms with Crippen LogP contribution >= 0.6 is 0 Å². The van der Waals surface area contributed by atoms with Crippen LogP contribution in [0.4, 0.5) is 5.82 Å². The molecule has 3 aromatic rings. The fourth-order valence-electron chi connectivity index (χ4n) is 3.31. The predicted octanol–water partition coefficient (Wildman–Crippen LogP) is 2.88. The Labute approximate surface area is 188 Å². The Hall–Kier alpha value is -3.65. The molecule has 3 rings (SSSR count). The second-order valence-corrected chi connectivity index (χ2v) is 7.46. The maximum absolute atomic E-state index is 12.4. The maximum Gasteiger partial charge on any atom is 0.343 e. The summed E-state index contributed by atoms with van der Waals surface area (Å²) >= 11 is 0. The van der Waals surface area contributed by atoms with Gasteiger partial charge in [-0.3, -0.25) is 4.79 Å². The summed E-state index contributed by atoms with van der Waals surface area (Å²) in [5.74, 6) is -0.454. The van der Waals surface area contributed by atoms with E-state index in [4.69, 9.17) is 10.5 Å². The topological polar surface area (TPSA) is 102 Å². The van der Waals surface area contributed by atoms with E-state index in [1.807, 2.05) is 18.2 Å². The lowest BCUT2D eigenvalue weighted by molar-refractivity contribution is 0.0527. The summed E-state index contributed by atoms with van der Waals surface area (Å²) in [5.41, 5.74) is 8.71. The predicted molar refractivity (Wildman–Crippen MR) is 124 cm³/mol. The summed E-state index contributed by atoms with van der Waals surface area (Å²) in [6, 6.07) is 17.2. The van der Waals surface area contributed by atoms with Gasteiger partial charge in [-0.05, 0) is 56.8 Å². The van der Waals surface area contributed by atoms with Crippen molar-refractivity contribution in [1.82, 2.24) is 20.0 Å². The highest BCUT2D eigenvalue weighted by molar-refractivity contribution is 5.95. The monoisotopic (exact) mass is 435 g/mol. The number of nitrogens with one attached hydrogen (secondary N) is 1. The highest BCUT2D eigenvalue weighted by Gasteiger charge is 2.17. The minimum absolute atomic E-state index is 0.136. The molecule has 0 aliphatic heterocycles. The van der Waals surface area contributed by atoms with Crippen molar-refractivity contribution in [3.63, 3.8) is 0 Å². The van der Waals surface area contributed by atoms with Gasteiger partial charge in [-0.15, -0.1) is 0 Å². The van der Waals surface area contributed by atoms with Gasteiger partial charge >= 0.3 is 5.97 Å². The number of hydrogen-bond acceptors (Lipinski definition) is 6. The number of aromatic nitrogens is 2. The first-order chi connectivity index (χ1) is 15.5. The Morgan fingerprint density at radius 1 is 1.12 bits per heavy atom. The summed E-state index contributed by atoms with van der Waals surface area (Å²) in [6.45, 7) is 4.34. The smallest absolute Gasteiger partial charge is 0.343 e. The van der Waals surface area contributed by atoms with Crippen molar-refractivity contribution in [3.05, 3.63) is 77.5 Å². The van der Waals surface area contributed by atoms with Gasteiger partial charge in [-0.1, -0.05) is 30.3 Å². The van der Waals surface area contributed by atoms with Crippen molar-refractivity contribution >= 4 is 17.7 Å². The number of hydrogen-bond donors (Lipinski definition) is 2. The fourth-order valence-corrected chi connectivity index (χ4v) is 3.31. The Morgan fingerprint density at radius 2 is 1.84 bits per heavy atom. The second-order valence-electron chi connectivity index (χ2n) is 7.46. The van der Waals surface area contributed by atoms with Crippen molar-refractivity contribution in [2.24, 2.45) is 0 Å². The van der Waals surface area contributed by atoms with Gasteiger partial charge < -0.3 is 20.7 Å². The SMILES string of the molecule is CCOC(=O)c1cnn(-c2ccc(C(=O)NCCCN(C)Cc3ccccc3)cc2)c1N. The van der Waals surface area contributed by atoms with Crippen LogP contribution < -0.4 is 11.1 Å². The molecule has 1 amide bonds. The van der Waals surface area contributed by atoms with Crippen molar-refractivity contribution in [1.29, 1.82) is 0 Å². The number of amides is 1. The number of rotatable bonds is 10. The van der Waals surface area contributed by atoms with Crippen molar-refractivity contribution < 1.29 is 14.3 Å². The molecule has 0 aliphatic rings. The highest BCUT2D eigenvalue weighted by Crippen LogP contribution is 2.18. The van der Waals surface area contributed by atoms with Gasteiger partial charge in [-0.2, -0.15) is 5.10 Å². The maximum atomic E-state index is 12.4. The quantitative estimate of drug-likeness (QED) is 0.375. The molecule has 1 heterocycles. The molecular weight excluding hydrogens is 406 g/mol. The molecule has 0 fully saturated rings. The molecule has 8 nitrogen and oxygen atoms in total. The molecular formula is C24H29N5O3. The van der Waals surface area contributed by atoms with Crippen LogP contribution in [0, 0.1) is 0 Å². The van der Waals surface area contributed by atoms with Gasteiger partial charge in [0, 0.05) is 18.7 Å². The van der Waals surface area contributed by atoms with Crippen LogP contribution in [-0.4, -0.2) is 53.3 Å². The minimum atomic E-state index is -0.512. The zero-order valence-electron chi connectivity index (χ0n) is 18.5. The molecule has 0 atom stereocenters. The lowest BCUT2D eigenvalue weighted by Crippen LogP contribution is -2.28. The normalized spacial score (nSPS) is 10.8.